The molecule has 4 heteroatoms. The van der Waals surface area contributed by atoms with Crippen LogP contribution in [0, 0.1) is 0 Å². The Morgan fingerprint density at radius 1 is 1.60 bits per heavy atom. The second-order valence-corrected chi connectivity index (χ2v) is 5.06. The van der Waals surface area contributed by atoms with E-state index in [1.165, 1.54) is 0 Å². The Bertz CT molecular complexity index is 120. The third-order valence-electron chi connectivity index (χ3n) is 1.43. The maximum absolute atomic E-state index is 5.65. The Morgan fingerprint density at radius 3 is 2.40 bits per heavy atom. The van der Waals surface area contributed by atoms with Gasteiger partial charge in [-0.2, -0.15) is 0 Å². The molecule has 0 N–H and O–H groups in total. The first-order chi connectivity index (χ1) is 4.61. The highest BCUT2D eigenvalue weighted by atomic mass is 31.2. The summed E-state index contributed by atoms with van der Waals surface area (Å²) in [6.07, 6.45) is 0.401. The standard InChI is InChI=1S/C6H15N2OP/c1-6-5-8(4)10(9-6)7(2)3/h6H,5H2,1-4H3. The number of hydrogen-bond donors (Lipinski definition) is 0. The van der Waals surface area contributed by atoms with Gasteiger partial charge in [-0.25, -0.2) is 4.67 Å². The lowest BCUT2D eigenvalue weighted by Crippen LogP contribution is -2.16. The summed E-state index contributed by atoms with van der Waals surface area (Å²) in [6.45, 7) is 3.17. The predicted octanol–water partition coefficient (Wildman–Crippen LogP) is 1.13. The Morgan fingerprint density at radius 2 is 2.20 bits per heavy atom. The van der Waals surface area contributed by atoms with Gasteiger partial charge in [-0.05, 0) is 28.1 Å². The van der Waals surface area contributed by atoms with Crippen LogP contribution in [-0.2, 0) is 4.52 Å². The van der Waals surface area contributed by atoms with Crippen LogP contribution in [0.4, 0.5) is 0 Å². The topological polar surface area (TPSA) is 15.7 Å². The number of hydrogen-bond acceptors (Lipinski definition) is 3. The van der Waals surface area contributed by atoms with E-state index in [9.17, 15) is 0 Å². The summed E-state index contributed by atoms with van der Waals surface area (Å²) in [6, 6.07) is 0. The molecular weight excluding hydrogens is 147 g/mol. The lowest BCUT2D eigenvalue weighted by atomic mass is 10.4. The van der Waals surface area contributed by atoms with Crippen LogP contribution in [0.2, 0.25) is 0 Å². The molecular formula is C6H15N2OP. The van der Waals surface area contributed by atoms with Gasteiger partial charge in [0, 0.05) is 6.54 Å². The number of rotatable bonds is 1. The minimum Gasteiger partial charge on any atom is -0.327 e. The molecule has 0 saturated carbocycles. The molecule has 0 amide bonds. The Kier molecular flexibility index (Phi) is 2.64. The third kappa shape index (κ3) is 1.67. The number of nitrogens with zero attached hydrogens (tertiary/aromatic N) is 2. The molecule has 1 saturated heterocycles. The zero-order valence-electron chi connectivity index (χ0n) is 7.03. The van der Waals surface area contributed by atoms with Crippen LogP contribution in [0.1, 0.15) is 6.92 Å². The van der Waals surface area contributed by atoms with Crippen molar-refractivity contribution in [1.82, 2.24) is 9.34 Å². The molecule has 0 aliphatic carbocycles. The van der Waals surface area contributed by atoms with Crippen molar-refractivity contribution < 1.29 is 4.52 Å². The van der Waals surface area contributed by atoms with Crippen LogP contribution in [0.3, 0.4) is 0 Å². The smallest absolute Gasteiger partial charge is 0.187 e. The van der Waals surface area contributed by atoms with E-state index in [1.54, 1.807) is 0 Å². The van der Waals surface area contributed by atoms with Crippen LogP contribution in [0.5, 0.6) is 0 Å². The summed E-state index contributed by atoms with van der Waals surface area (Å²) in [5.74, 6) is 0. The summed E-state index contributed by atoms with van der Waals surface area (Å²) >= 11 is 0. The molecule has 2 unspecified atom stereocenters. The zero-order valence-corrected chi connectivity index (χ0v) is 7.93. The quantitative estimate of drug-likeness (QED) is 0.537. The molecule has 1 rings (SSSR count). The maximum atomic E-state index is 5.65. The van der Waals surface area contributed by atoms with Gasteiger partial charge in [0.15, 0.2) is 8.45 Å². The van der Waals surface area contributed by atoms with Crippen molar-refractivity contribution in [3.8, 4) is 0 Å². The Balaban J connectivity index is 2.46. The zero-order chi connectivity index (χ0) is 7.72. The minimum absolute atomic E-state index is 0.401. The van der Waals surface area contributed by atoms with Crippen molar-refractivity contribution in [2.45, 2.75) is 13.0 Å². The van der Waals surface area contributed by atoms with E-state index >= 15 is 0 Å². The van der Waals surface area contributed by atoms with Gasteiger partial charge in [0.2, 0.25) is 0 Å². The average molecular weight is 162 g/mol. The van der Waals surface area contributed by atoms with E-state index in [2.05, 4.69) is 37.4 Å². The van der Waals surface area contributed by atoms with E-state index in [0.717, 1.165) is 6.54 Å². The maximum Gasteiger partial charge on any atom is 0.187 e. The largest absolute Gasteiger partial charge is 0.327 e. The fourth-order valence-corrected chi connectivity index (χ4v) is 2.83. The second kappa shape index (κ2) is 3.14. The first-order valence-corrected chi connectivity index (χ1v) is 4.63. The van der Waals surface area contributed by atoms with Crippen LogP contribution >= 0.6 is 8.45 Å². The Labute approximate surface area is 63.9 Å². The molecule has 0 aromatic heterocycles. The van der Waals surface area contributed by atoms with Crippen molar-refractivity contribution >= 4 is 8.45 Å². The summed E-state index contributed by atoms with van der Waals surface area (Å²) < 4.78 is 10.1. The van der Waals surface area contributed by atoms with Gasteiger partial charge in [0.25, 0.3) is 0 Å². The fraction of sp³-hybridized carbons (Fsp3) is 1.00. The Hall–Kier alpha value is 0.310. The molecule has 1 heterocycles. The molecule has 3 nitrogen and oxygen atoms in total. The SMILES string of the molecule is CC1CN(C)P(N(C)C)O1. The van der Waals surface area contributed by atoms with Crippen LogP contribution in [0.25, 0.3) is 0 Å². The first kappa shape index (κ1) is 8.41. The fourth-order valence-electron chi connectivity index (χ4n) is 1.12. The third-order valence-corrected chi connectivity index (χ3v) is 3.41. The molecule has 10 heavy (non-hydrogen) atoms. The predicted molar refractivity (Wildman–Crippen MR) is 43.8 cm³/mol. The normalized spacial score (nSPS) is 35.7. The van der Waals surface area contributed by atoms with Gasteiger partial charge in [0.1, 0.15) is 0 Å². The highest BCUT2D eigenvalue weighted by Gasteiger charge is 2.29. The lowest BCUT2D eigenvalue weighted by molar-refractivity contribution is 0.270. The van der Waals surface area contributed by atoms with Crippen LogP contribution in [-0.4, -0.2) is 43.1 Å². The van der Waals surface area contributed by atoms with Crippen LogP contribution < -0.4 is 0 Å². The van der Waals surface area contributed by atoms with Gasteiger partial charge in [-0.15, -0.1) is 0 Å². The average Bonchev–Trinajstić information content (AvgIpc) is 2.10. The number of likely N-dealkylation sites (N-methyl/N-ethyl adjacent to an activating group) is 1. The van der Waals surface area contributed by atoms with Gasteiger partial charge in [0.05, 0.1) is 6.10 Å². The molecule has 1 fully saturated rings. The van der Waals surface area contributed by atoms with Crippen molar-refractivity contribution in [2.75, 3.05) is 27.7 Å². The molecule has 0 radical (unpaired) electrons. The van der Waals surface area contributed by atoms with Gasteiger partial charge >= 0.3 is 0 Å². The molecule has 0 aromatic carbocycles. The molecule has 0 spiro atoms. The van der Waals surface area contributed by atoms with Gasteiger partial charge in [-0.3, -0.25) is 4.67 Å². The van der Waals surface area contributed by atoms with Gasteiger partial charge < -0.3 is 4.52 Å². The lowest BCUT2D eigenvalue weighted by Gasteiger charge is -2.22. The highest BCUT2D eigenvalue weighted by molar-refractivity contribution is 7.47. The summed E-state index contributed by atoms with van der Waals surface area (Å²) in [5.41, 5.74) is 0. The van der Waals surface area contributed by atoms with Crippen molar-refractivity contribution in [3.05, 3.63) is 0 Å². The van der Waals surface area contributed by atoms with Gasteiger partial charge in [-0.1, -0.05) is 0 Å². The van der Waals surface area contributed by atoms with Crippen molar-refractivity contribution in [1.29, 1.82) is 0 Å². The second-order valence-electron chi connectivity index (χ2n) is 2.86. The molecule has 1 aliphatic heterocycles. The summed E-state index contributed by atoms with van der Waals surface area (Å²) in [5, 5.41) is 0. The van der Waals surface area contributed by atoms with E-state index in [-0.39, 0.29) is 0 Å². The monoisotopic (exact) mass is 162 g/mol. The highest BCUT2D eigenvalue weighted by Crippen LogP contribution is 2.47. The van der Waals surface area contributed by atoms with E-state index in [1.807, 2.05) is 0 Å². The van der Waals surface area contributed by atoms with Crippen LogP contribution in [0.15, 0.2) is 0 Å². The van der Waals surface area contributed by atoms with E-state index in [4.69, 9.17) is 4.52 Å². The molecule has 60 valence electrons. The molecule has 1 aliphatic rings. The molecule has 0 bridgehead atoms. The minimum atomic E-state index is -0.438. The first-order valence-electron chi connectivity index (χ1n) is 3.46. The van der Waals surface area contributed by atoms with E-state index < -0.39 is 8.45 Å². The molecule has 0 aromatic rings. The molecule has 2 atom stereocenters. The van der Waals surface area contributed by atoms with E-state index in [0.29, 0.717) is 6.10 Å². The van der Waals surface area contributed by atoms with Crippen molar-refractivity contribution in [2.24, 2.45) is 0 Å². The summed E-state index contributed by atoms with van der Waals surface area (Å²) in [4.78, 5) is 0. The van der Waals surface area contributed by atoms with Crippen molar-refractivity contribution in [3.63, 3.8) is 0 Å². The summed E-state index contributed by atoms with van der Waals surface area (Å²) in [7, 11) is 5.78.